The second-order valence-corrected chi connectivity index (χ2v) is 5.19. The van der Waals surface area contributed by atoms with Gasteiger partial charge in [-0.3, -0.25) is 4.79 Å². The number of likely N-dealkylation sites (N-methyl/N-ethyl adjacent to an activating group) is 1. The van der Waals surface area contributed by atoms with Crippen molar-refractivity contribution in [2.75, 3.05) is 33.8 Å². The van der Waals surface area contributed by atoms with Crippen molar-refractivity contribution in [3.05, 3.63) is 29.8 Å². The minimum Gasteiger partial charge on any atom is -0.488 e. The van der Waals surface area contributed by atoms with Gasteiger partial charge in [-0.25, -0.2) is 13.8 Å². The van der Waals surface area contributed by atoms with Crippen molar-refractivity contribution in [2.45, 2.75) is 19.9 Å². The number of aliphatic imine (C=N–C) groups is 1. The van der Waals surface area contributed by atoms with Crippen LogP contribution in [0.1, 0.15) is 12.5 Å². The van der Waals surface area contributed by atoms with Crippen molar-refractivity contribution in [2.24, 2.45) is 4.99 Å². The normalized spacial score (nSPS) is 11.3. The Kier molecular flexibility index (Phi) is 8.53. The summed E-state index contributed by atoms with van der Waals surface area (Å²) in [5.74, 6) is 0.818. The zero-order chi connectivity index (χ0) is 17.9. The Morgan fingerprint density at radius 1 is 1.33 bits per heavy atom. The van der Waals surface area contributed by atoms with Gasteiger partial charge in [0.15, 0.2) is 5.96 Å². The van der Waals surface area contributed by atoms with Crippen molar-refractivity contribution < 1.29 is 18.3 Å². The lowest BCUT2D eigenvalue weighted by Crippen LogP contribution is -2.42. The van der Waals surface area contributed by atoms with Gasteiger partial charge in [0.25, 0.3) is 6.43 Å². The van der Waals surface area contributed by atoms with Crippen molar-refractivity contribution in [3.63, 3.8) is 0 Å². The van der Waals surface area contributed by atoms with Crippen molar-refractivity contribution in [3.8, 4) is 5.75 Å². The summed E-state index contributed by atoms with van der Waals surface area (Å²) in [4.78, 5) is 17.5. The van der Waals surface area contributed by atoms with Gasteiger partial charge < -0.3 is 20.3 Å². The second kappa shape index (κ2) is 10.4. The highest BCUT2D eigenvalue weighted by molar-refractivity contribution is 5.86. The first-order chi connectivity index (χ1) is 11.4. The van der Waals surface area contributed by atoms with E-state index in [4.69, 9.17) is 4.74 Å². The predicted molar refractivity (Wildman–Crippen MR) is 89.5 cm³/mol. The highest BCUT2D eigenvalue weighted by atomic mass is 19.3. The third-order valence-corrected chi connectivity index (χ3v) is 2.94. The number of hydrogen-bond acceptors (Lipinski definition) is 3. The number of carbonyl (C=O) groups excluding carboxylic acids is 1. The summed E-state index contributed by atoms with van der Waals surface area (Å²) in [5.41, 5.74) is 0.818. The Hall–Kier alpha value is -2.38. The molecule has 1 aromatic rings. The molecule has 0 heterocycles. The topological polar surface area (TPSA) is 66.0 Å². The average Bonchev–Trinajstić information content (AvgIpc) is 2.55. The maximum atomic E-state index is 12.2. The molecule has 134 valence electrons. The number of alkyl halides is 2. The van der Waals surface area contributed by atoms with E-state index >= 15 is 0 Å². The number of hydrogen-bond donors (Lipinski definition) is 2. The van der Waals surface area contributed by atoms with Crippen LogP contribution in [0.5, 0.6) is 5.75 Å². The largest absolute Gasteiger partial charge is 0.488 e. The van der Waals surface area contributed by atoms with Gasteiger partial charge in [0.1, 0.15) is 12.4 Å². The lowest BCUT2D eigenvalue weighted by molar-refractivity contribution is -0.127. The molecule has 0 aromatic heterocycles. The summed E-state index contributed by atoms with van der Waals surface area (Å²) >= 11 is 0. The van der Waals surface area contributed by atoms with Crippen LogP contribution in [0, 0.1) is 0 Å². The molecule has 2 N–H and O–H groups in total. The molecule has 0 saturated carbocycles. The first-order valence-corrected chi connectivity index (χ1v) is 7.64. The summed E-state index contributed by atoms with van der Waals surface area (Å²) in [6.07, 6.45) is -2.51. The Bertz CT molecular complexity index is 551. The fourth-order valence-corrected chi connectivity index (χ4v) is 1.72. The third-order valence-electron chi connectivity index (χ3n) is 2.94. The van der Waals surface area contributed by atoms with E-state index in [-0.39, 0.29) is 12.5 Å². The molecule has 1 amide bonds. The van der Waals surface area contributed by atoms with Crippen LogP contribution in [-0.4, -0.2) is 57.0 Å². The summed E-state index contributed by atoms with van der Waals surface area (Å²) in [6.45, 7) is 2.40. The first-order valence-electron chi connectivity index (χ1n) is 7.64. The highest BCUT2D eigenvalue weighted by Gasteiger charge is 2.06. The molecule has 0 bridgehead atoms. The Labute approximate surface area is 140 Å². The zero-order valence-electron chi connectivity index (χ0n) is 14.2. The number of benzene rings is 1. The molecule has 0 unspecified atom stereocenters. The first kappa shape index (κ1) is 19.7. The Balaban J connectivity index is 2.64. The molecule has 0 aliphatic rings. The molecular formula is C16H24F2N4O2. The molecule has 0 fully saturated rings. The molecular weight excluding hydrogens is 318 g/mol. The van der Waals surface area contributed by atoms with E-state index < -0.39 is 13.0 Å². The molecule has 6 nitrogen and oxygen atoms in total. The zero-order valence-corrected chi connectivity index (χ0v) is 14.2. The Morgan fingerprint density at radius 3 is 2.71 bits per heavy atom. The molecule has 0 spiro atoms. The van der Waals surface area contributed by atoms with Crippen LogP contribution in [0.25, 0.3) is 0 Å². The standard InChI is InChI=1S/C16H24F2N4O2/c1-4-19-16(21-10-15(23)22(2)3)20-9-12-6-5-7-13(8-12)24-11-14(17)18/h5-8,14H,4,9-11H2,1-3H3,(H2,19,20,21). The quantitative estimate of drug-likeness (QED) is 0.555. The predicted octanol–water partition coefficient (Wildman–Crippen LogP) is 1.47. The SMILES string of the molecule is CCNC(=NCc1cccc(OCC(F)F)c1)NCC(=O)N(C)C. The molecule has 0 aliphatic heterocycles. The van der Waals surface area contributed by atoms with Crippen LogP contribution in [0.4, 0.5) is 8.78 Å². The van der Waals surface area contributed by atoms with Crippen molar-refractivity contribution in [1.82, 2.24) is 15.5 Å². The molecule has 0 aliphatic carbocycles. The van der Waals surface area contributed by atoms with Gasteiger partial charge in [-0.2, -0.15) is 0 Å². The van der Waals surface area contributed by atoms with Crippen LogP contribution >= 0.6 is 0 Å². The minimum atomic E-state index is -2.51. The Morgan fingerprint density at radius 2 is 2.08 bits per heavy atom. The number of rotatable bonds is 8. The highest BCUT2D eigenvalue weighted by Crippen LogP contribution is 2.14. The van der Waals surface area contributed by atoms with E-state index in [1.54, 1.807) is 32.3 Å². The van der Waals surface area contributed by atoms with Gasteiger partial charge in [0, 0.05) is 20.6 Å². The summed E-state index contributed by atoms with van der Waals surface area (Å²) in [6, 6.07) is 6.84. The van der Waals surface area contributed by atoms with Gasteiger partial charge in [0.05, 0.1) is 13.1 Å². The fourth-order valence-electron chi connectivity index (χ4n) is 1.72. The lowest BCUT2D eigenvalue weighted by atomic mass is 10.2. The fraction of sp³-hybridized carbons (Fsp3) is 0.500. The van der Waals surface area contributed by atoms with Gasteiger partial charge in [-0.1, -0.05) is 12.1 Å². The third kappa shape index (κ3) is 7.75. The lowest BCUT2D eigenvalue weighted by Gasteiger charge is -2.14. The number of nitrogens with zero attached hydrogens (tertiary/aromatic N) is 2. The molecule has 0 radical (unpaired) electrons. The van der Waals surface area contributed by atoms with Crippen molar-refractivity contribution in [1.29, 1.82) is 0 Å². The number of guanidine groups is 1. The number of ether oxygens (including phenoxy) is 1. The summed E-state index contributed by atoms with van der Waals surface area (Å²) < 4.78 is 29.3. The van der Waals surface area contributed by atoms with Gasteiger partial charge in [0.2, 0.25) is 5.91 Å². The van der Waals surface area contributed by atoms with Gasteiger partial charge >= 0.3 is 0 Å². The number of carbonyl (C=O) groups is 1. The minimum absolute atomic E-state index is 0.0667. The van der Waals surface area contributed by atoms with Crippen LogP contribution in [0.3, 0.4) is 0 Å². The van der Waals surface area contributed by atoms with E-state index in [9.17, 15) is 13.6 Å². The van der Waals surface area contributed by atoms with Crippen LogP contribution in [0.2, 0.25) is 0 Å². The van der Waals surface area contributed by atoms with Crippen LogP contribution < -0.4 is 15.4 Å². The smallest absolute Gasteiger partial charge is 0.272 e. The maximum absolute atomic E-state index is 12.2. The molecule has 1 aromatic carbocycles. The van der Waals surface area contributed by atoms with Crippen LogP contribution in [-0.2, 0) is 11.3 Å². The van der Waals surface area contributed by atoms with Crippen molar-refractivity contribution >= 4 is 11.9 Å². The maximum Gasteiger partial charge on any atom is 0.272 e. The molecule has 8 heteroatoms. The molecule has 24 heavy (non-hydrogen) atoms. The number of amides is 1. The molecule has 0 atom stereocenters. The van der Waals surface area contributed by atoms with E-state index in [0.717, 1.165) is 5.56 Å². The van der Waals surface area contributed by atoms with E-state index in [1.807, 2.05) is 13.0 Å². The summed E-state index contributed by atoms with van der Waals surface area (Å²) in [7, 11) is 3.36. The number of nitrogens with one attached hydrogen (secondary N) is 2. The second-order valence-electron chi connectivity index (χ2n) is 5.19. The van der Waals surface area contributed by atoms with E-state index in [1.165, 1.54) is 4.90 Å². The molecule has 0 saturated heterocycles. The summed E-state index contributed by atoms with van der Waals surface area (Å²) in [5, 5.41) is 5.98. The van der Waals surface area contributed by atoms with E-state index in [2.05, 4.69) is 15.6 Å². The monoisotopic (exact) mass is 342 g/mol. The average molecular weight is 342 g/mol. The molecule has 1 rings (SSSR count). The number of halogens is 2. The van der Waals surface area contributed by atoms with Crippen LogP contribution in [0.15, 0.2) is 29.3 Å². The van der Waals surface area contributed by atoms with Gasteiger partial charge in [-0.05, 0) is 24.6 Å². The van der Waals surface area contributed by atoms with E-state index in [0.29, 0.717) is 24.8 Å². The van der Waals surface area contributed by atoms with Gasteiger partial charge in [-0.15, -0.1) is 0 Å².